The first-order chi connectivity index (χ1) is 9.75. The molecule has 0 spiro atoms. The molecule has 0 aliphatic carbocycles. The van der Waals surface area contributed by atoms with Gasteiger partial charge in [-0.25, -0.2) is 0 Å². The first kappa shape index (κ1) is 13.5. The largest absolute Gasteiger partial charge is 0.373 e. The van der Waals surface area contributed by atoms with Crippen molar-refractivity contribution in [3.8, 4) is 0 Å². The van der Waals surface area contributed by atoms with Crippen molar-refractivity contribution in [3.05, 3.63) is 30.1 Å². The fourth-order valence-corrected chi connectivity index (χ4v) is 3.11. The Hall–Kier alpha value is -1.46. The lowest BCUT2D eigenvalue weighted by Gasteiger charge is -2.31. The number of carbonyl (C=O) groups is 1. The normalized spacial score (nSPS) is 29.2. The molecule has 3 rings (SSSR count). The van der Waals surface area contributed by atoms with Crippen molar-refractivity contribution < 1.29 is 14.3 Å². The Kier molecular flexibility index (Phi) is 3.98. The highest BCUT2D eigenvalue weighted by Gasteiger charge is 2.45. The number of aromatic nitrogens is 1. The lowest BCUT2D eigenvalue weighted by atomic mass is 10.0. The van der Waals surface area contributed by atoms with Gasteiger partial charge >= 0.3 is 0 Å². The number of rotatable bonds is 3. The summed E-state index contributed by atoms with van der Waals surface area (Å²) in [6, 6.07) is 4.07. The van der Waals surface area contributed by atoms with E-state index in [2.05, 4.69) is 4.98 Å². The highest BCUT2D eigenvalue weighted by molar-refractivity contribution is 5.74. The molecule has 3 atom stereocenters. The zero-order chi connectivity index (χ0) is 13.9. The molecule has 0 aromatic carbocycles. The Labute approximate surface area is 118 Å². The third kappa shape index (κ3) is 2.69. The minimum absolute atomic E-state index is 0.0179. The molecule has 108 valence electrons. The number of fused-ring (bicyclic) bond motifs is 1. The molecule has 2 aliphatic heterocycles. The van der Waals surface area contributed by atoms with Gasteiger partial charge in [-0.2, -0.15) is 0 Å². The summed E-state index contributed by atoms with van der Waals surface area (Å²) in [5, 5.41) is 0. The van der Waals surface area contributed by atoms with Crippen molar-refractivity contribution in [2.75, 3.05) is 13.2 Å². The molecule has 20 heavy (non-hydrogen) atoms. The zero-order valence-corrected chi connectivity index (χ0v) is 11.7. The van der Waals surface area contributed by atoms with Crippen LogP contribution in [-0.2, 0) is 20.9 Å². The summed E-state index contributed by atoms with van der Waals surface area (Å²) in [5.41, 5.74) is 1.04. The van der Waals surface area contributed by atoms with Gasteiger partial charge in [-0.1, -0.05) is 6.07 Å². The minimum atomic E-state index is -0.0376. The van der Waals surface area contributed by atoms with E-state index in [0.717, 1.165) is 25.0 Å². The summed E-state index contributed by atoms with van der Waals surface area (Å²) in [6.07, 6.45) is 5.55. The van der Waals surface area contributed by atoms with Crippen molar-refractivity contribution in [1.29, 1.82) is 0 Å². The molecule has 0 radical (unpaired) electrons. The fraction of sp³-hybridized carbons (Fsp3) is 0.600. The van der Waals surface area contributed by atoms with Gasteiger partial charge in [0.05, 0.1) is 12.6 Å². The molecule has 3 heterocycles. The maximum Gasteiger partial charge on any atom is 0.219 e. The van der Waals surface area contributed by atoms with Crippen LogP contribution in [-0.4, -0.2) is 47.2 Å². The molecule has 2 aliphatic rings. The number of amides is 1. The van der Waals surface area contributed by atoms with Gasteiger partial charge in [0.1, 0.15) is 12.2 Å². The molecule has 0 N–H and O–H groups in total. The van der Waals surface area contributed by atoms with Crippen LogP contribution in [0.15, 0.2) is 24.5 Å². The average molecular weight is 276 g/mol. The van der Waals surface area contributed by atoms with Crippen molar-refractivity contribution >= 4 is 5.91 Å². The smallest absolute Gasteiger partial charge is 0.219 e. The highest BCUT2D eigenvalue weighted by atomic mass is 16.5. The molecule has 2 fully saturated rings. The summed E-state index contributed by atoms with van der Waals surface area (Å²) in [4.78, 5) is 17.7. The topological polar surface area (TPSA) is 51.7 Å². The third-order valence-electron chi connectivity index (χ3n) is 4.07. The molecule has 5 nitrogen and oxygen atoms in total. The van der Waals surface area contributed by atoms with E-state index < -0.39 is 0 Å². The Morgan fingerprint density at radius 3 is 3.25 bits per heavy atom. The Balaban J connectivity index is 1.65. The van der Waals surface area contributed by atoms with E-state index in [-0.39, 0.29) is 24.2 Å². The third-order valence-corrected chi connectivity index (χ3v) is 4.07. The van der Waals surface area contributed by atoms with Crippen LogP contribution in [0.3, 0.4) is 0 Å². The molecular formula is C15H20N2O3. The Morgan fingerprint density at radius 2 is 2.50 bits per heavy atom. The standard InChI is InChI=1S/C15H20N2O3/c1-11(18)17-9-14(15-13(17)5-3-7-19-15)20-10-12-4-2-6-16-8-12/h2,4,6,8,13-15H,3,5,7,9-10H2,1H3/t13-,14+,15-/m0/s1. The van der Waals surface area contributed by atoms with Crippen LogP contribution in [0, 0.1) is 0 Å². The summed E-state index contributed by atoms with van der Waals surface area (Å²) in [5.74, 6) is 0.109. The summed E-state index contributed by atoms with van der Waals surface area (Å²) in [6.45, 7) is 3.52. The van der Waals surface area contributed by atoms with Crippen LogP contribution in [0.2, 0.25) is 0 Å². The molecule has 1 amide bonds. The van der Waals surface area contributed by atoms with E-state index in [1.165, 1.54) is 0 Å². The van der Waals surface area contributed by atoms with Crippen molar-refractivity contribution in [2.24, 2.45) is 0 Å². The Bertz CT molecular complexity index is 465. The quantitative estimate of drug-likeness (QED) is 0.837. The van der Waals surface area contributed by atoms with Crippen molar-refractivity contribution in [3.63, 3.8) is 0 Å². The number of likely N-dealkylation sites (tertiary alicyclic amines) is 1. The number of hydrogen-bond acceptors (Lipinski definition) is 4. The second kappa shape index (κ2) is 5.89. The zero-order valence-electron chi connectivity index (χ0n) is 11.7. The number of pyridine rings is 1. The van der Waals surface area contributed by atoms with E-state index >= 15 is 0 Å². The monoisotopic (exact) mass is 276 g/mol. The van der Waals surface area contributed by atoms with E-state index in [0.29, 0.717) is 13.2 Å². The first-order valence-corrected chi connectivity index (χ1v) is 7.15. The maximum absolute atomic E-state index is 11.7. The van der Waals surface area contributed by atoms with Crippen LogP contribution in [0.5, 0.6) is 0 Å². The number of hydrogen-bond donors (Lipinski definition) is 0. The van der Waals surface area contributed by atoms with Crippen LogP contribution in [0.1, 0.15) is 25.3 Å². The minimum Gasteiger partial charge on any atom is -0.373 e. The van der Waals surface area contributed by atoms with E-state index in [9.17, 15) is 4.79 Å². The molecule has 5 heteroatoms. The predicted octanol–water partition coefficient (Wildman–Crippen LogP) is 1.38. The SMILES string of the molecule is CC(=O)N1C[C@@H](OCc2cccnc2)[C@H]2OCCC[C@@H]21. The molecule has 0 saturated carbocycles. The predicted molar refractivity (Wildman–Crippen MR) is 73.0 cm³/mol. The second-order valence-corrected chi connectivity index (χ2v) is 5.43. The number of ether oxygens (including phenoxy) is 2. The van der Waals surface area contributed by atoms with Gasteiger partial charge in [-0.05, 0) is 24.5 Å². The summed E-state index contributed by atoms with van der Waals surface area (Å²) >= 11 is 0. The summed E-state index contributed by atoms with van der Waals surface area (Å²) in [7, 11) is 0. The molecule has 0 unspecified atom stereocenters. The van der Waals surface area contributed by atoms with Gasteiger partial charge in [0, 0.05) is 32.5 Å². The lowest BCUT2D eigenvalue weighted by molar-refractivity contribution is -0.132. The molecule has 1 aromatic rings. The van der Waals surface area contributed by atoms with E-state index in [1.54, 1.807) is 19.3 Å². The molecule has 1 aromatic heterocycles. The highest BCUT2D eigenvalue weighted by Crippen LogP contribution is 2.31. The van der Waals surface area contributed by atoms with E-state index in [4.69, 9.17) is 9.47 Å². The Morgan fingerprint density at radius 1 is 1.60 bits per heavy atom. The summed E-state index contributed by atoms with van der Waals surface area (Å²) < 4.78 is 11.8. The molecule has 0 bridgehead atoms. The number of nitrogens with zero attached hydrogens (tertiary/aromatic N) is 2. The van der Waals surface area contributed by atoms with Gasteiger partial charge in [0.15, 0.2) is 0 Å². The second-order valence-electron chi connectivity index (χ2n) is 5.43. The molecular weight excluding hydrogens is 256 g/mol. The van der Waals surface area contributed by atoms with Gasteiger partial charge in [-0.15, -0.1) is 0 Å². The fourth-order valence-electron chi connectivity index (χ4n) is 3.11. The van der Waals surface area contributed by atoms with Crippen LogP contribution < -0.4 is 0 Å². The average Bonchev–Trinajstić information content (AvgIpc) is 2.85. The van der Waals surface area contributed by atoms with E-state index in [1.807, 2.05) is 17.0 Å². The van der Waals surface area contributed by atoms with Crippen molar-refractivity contribution in [2.45, 2.75) is 44.6 Å². The maximum atomic E-state index is 11.7. The van der Waals surface area contributed by atoms with Gasteiger partial charge in [0.2, 0.25) is 5.91 Å². The van der Waals surface area contributed by atoms with Crippen molar-refractivity contribution in [1.82, 2.24) is 9.88 Å². The van der Waals surface area contributed by atoms with Crippen LogP contribution in [0.25, 0.3) is 0 Å². The van der Waals surface area contributed by atoms with Crippen LogP contribution >= 0.6 is 0 Å². The van der Waals surface area contributed by atoms with Gasteiger partial charge in [-0.3, -0.25) is 9.78 Å². The number of carbonyl (C=O) groups excluding carboxylic acids is 1. The van der Waals surface area contributed by atoms with Gasteiger partial charge in [0.25, 0.3) is 0 Å². The van der Waals surface area contributed by atoms with Crippen LogP contribution in [0.4, 0.5) is 0 Å². The first-order valence-electron chi connectivity index (χ1n) is 7.15. The van der Waals surface area contributed by atoms with Gasteiger partial charge < -0.3 is 14.4 Å². The molecule has 2 saturated heterocycles. The lowest BCUT2D eigenvalue weighted by Crippen LogP contribution is -2.43.